The molecule has 2 aromatic heterocycles. The minimum atomic E-state index is -0.220. The van der Waals surface area contributed by atoms with E-state index in [0.29, 0.717) is 11.7 Å². The van der Waals surface area contributed by atoms with Gasteiger partial charge in [-0.15, -0.1) is 0 Å². The van der Waals surface area contributed by atoms with E-state index in [1.807, 2.05) is 25.1 Å². The minimum absolute atomic E-state index is 0.220. The van der Waals surface area contributed by atoms with Crippen LogP contribution in [-0.4, -0.2) is 60.4 Å². The van der Waals surface area contributed by atoms with E-state index in [1.165, 1.54) is 0 Å². The van der Waals surface area contributed by atoms with Gasteiger partial charge < -0.3 is 19.1 Å². The Kier molecular flexibility index (Phi) is 4.35. The number of pyridine rings is 1. The molecule has 0 bridgehead atoms. The maximum atomic E-state index is 5.22. The van der Waals surface area contributed by atoms with Gasteiger partial charge in [-0.3, -0.25) is 0 Å². The molecule has 2 aromatic rings. The highest BCUT2D eigenvalue weighted by Crippen LogP contribution is 2.21. The molecule has 7 nitrogen and oxygen atoms in total. The zero-order chi connectivity index (χ0) is 15.5. The van der Waals surface area contributed by atoms with Gasteiger partial charge in [-0.05, 0) is 26.1 Å². The average molecular weight is 303 g/mol. The second kappa shape index (κ2) is 6.41. The predicted octanol–water partition coefficient (Wildman–Crippen LogP) is 1.59. The van der Waals surface area contributed by atoms with Gasteiger partial charge in [0.15, 0.2) is 0 Å². The Bertz CT molecular complexity index is 622. The highest BCUT2D eigenvalue weighted by Gasteiger charge is 2.18. The summed E-state index contributed by atoms with van der Waals surface area (Å²) in [5, 5.41) is 4.00. The number of nitrogens with zero attached hydrogens (tertiary/aromatic N) is 5. The summed E-state index contributed by atoms with van der Waals surface area (Å²) in [7, 11) is 3.75. The summed E-state index contributed by atoms with van der Waals surface area (Å²) in [6.07, 6.45) is -0.220. The Labute approximate surface area is 129 Å². The summed E-state index contributed by atoms with van der Waals surface area (Å²) in [6.45, 7) is 5.91. The van der Waals surface area contributed by atoms with E-state index in [0.717, 1.165) is 37.7 Å². The van der Waals surface area contributed by atoms with Crippen molar-refractivity contribution in [3.63, 3.8) is 0 Å². The quantitative estimate of drug-likeness (QED) is 0.849. The molecule has 1 unspecified atom stereocenters. The van der Waals surface area contributed by atoms with E-state index in [4.69, 9.17) is 9.26 Å². The van der Waals surface area contributed by atoms with Crippen molar-refractivity contribution in [3.05, 3.63) is 24.1 Å². The monoisotopic (exact) mass is 303 g/mol. The van der Waals surface area contributed by atoms with Gasteiger partial charge in [-0.2, -0.15) is 4.98 Å². The van der Waals surface area contributed by atoms with Gasteiger partial charge in [-0.1, -0.05) is 11.2 Å². The number of methoxy groups -OCH3 is 1. The minimum Gasteiger partial charge on any atom is -0.372 e. The molecular weight excluding hydrogens is 282 g/mol. The zero-order valence-electron chi connectivity index (χ0n) is 13.2. The van der Waals surface area contributed by atoms with E-state index in [2.05, 4.69) is 32.0 Å². The van der Waals surface area contributed by atoms with Crippen LogP contribution in [0.15, 0.2) is 22.7 Å². The summed E-state index contributed by atoms with van der Waals surface area (Å²) >= 11 is 0. The molecule has 118 valence electrons. The number of hydrogen-bond acceptors (Lipinski definition) is 7. The number of likely N-dealkylation sites (N-methyl/N-ethyl adjacent to an activating group) is 1. The lowest BCUT2D eigenvalue weighted by Crippen LogP contribution is -2.44. The number of aromatic nitrogens is 3. The second-order valence-electron chi connectivity index (χ2n) is 5.51. The third-order valence-corrected chi connectivity index (χ3v) is 3.93. The normalized spacial score (nSPS) is 17.7. The highest BCUT2D eigenvalue weighted by molar-refractivity contribution is 5.53. The van der Waals surface area contributed by atoms with Crippen LogP contribution in [0, 0.1) is 0 Å². The van der Waals surface area contributed by atoms with Crippen molar-refractivity contribution in [2.24, 2.45) is 0 Å². The second-order valence-corrected chi connectivity index (χ2v) is 5.51. The first-order chi connectivity index (χ1) is 10.7. The Morgan fingerprint density at radius 2 is 1.95 bits per heavy atom. The number of rotatable bonds is 4. The molecule has 0 radical (unpaired) electrons. The van der Waals surface area contributed by atoms with Gasteiger partial charge in [-0.25, -0.2) is 4.98 Å². The number of anilines is 1. The van der Waals surface area contributed by atoms with Crippen LogP contribution in [0.1, 0.15) is 18.9 Å². The van der Waals surface area contributed by atoms with Crippen molar-refractivity contribution in [3.8, 4) is 11.5 Å². The lowest BCUT2D eigenvalue weighted by atomic mass is 10.3. The maximum Gasteiger partial charge on any atom is 0.255 e. The Balaban J connectivity index is 1.80. The molecule has 3 heterocycles. The Morgan fingerprint density at radius 1 is 1.18 bits per heavy atom. The summed E-state index contributed by atoms with van der Waals surface area (Å²) in [5.41, 5.74) is 0.717. The standard InChI is InChI=1S/C15H21N5O2/c1-11(21-3)15-17-14(18-22-15)12-5-4-6-13(16-12)20-9-7-19(2)8-10-20/h4-6,11H,7-10H2,1-3H3. The van der Waals surface area contributed by atoms with Gasteiger partial charge in [0.2, 0.25) is 5.82 Å². The molecule has 7 heteroatoms. The van der Waals surface area contributed by atoms with Crippen LogP contribution in [0.2, 0.25) is 0 Å². The van der Waals surface area contributed by atoms with E-state index < -0.39 is 0 Å². The van der Waals surface area contributed by atoms with Crippen molar-refractivity contribution in [1.82, 2.24) is 20.0 Å². The fourth-order valence-electron chi connectivity index (χ4n) is 2.36. The molecule has 0 spiro atoms. The largest absolute Gasteiger partial charge is 0.372 e. The lowest BCUT2D eigenvalue weighted by Gasteiger charge is -2.33. The van der Waals surface area contributed by atoms with Crippen LogP contribution >= 0.6 is 0 Å². The summed E-state index contributed by atoms with van der Waals surface area (Å²) < 4.78 is 10.4. The number of piperazine rings is 1. The number of hydrogen-bond donors (Lipinski definition) is 0. The Morgan fingerprint density at radius 3 is 2.68 bits per heavy atom. The smallest absolute Gasteiger partial charge is 0.255 e. The van der Waals surface area contributed by atoms with E-state index in [1.54, 1.807) is 7.11 Å². The molecule has 1 aliphatic heterocycles. The molecule has 22 heavy (non-hydrogen) atoms. The first kappa shape index (κ1) is 14.9. The lowest BCUT2D eigenvalue weighted by molar-refractivity contribution is 0.0886. The maximum absolute atomic E-state index is 5.22. The van der Waals surface area contributed by atoms with Gasteiger partial charge in [0.1, 0.15) is 17.6 Å². The average Bonchev–Trinajstić information content (AvgIpc) is 3.05. The molecular formula is C15H21N5O2. The van der Waals surface area contributed by atoms with Crippen molar-refractivity contribution in [2.45, 2.75) is 13.0 Å². The van der Waals surface area contributed by atoms with Crippen molar-refractivity contribution in [1.29, 1.82) is 0 Å². The highest BCUT2D eigenvalue weighted by atomic mass is 16.5. The topological polar surface area (TPSA) is 67.5 Å². The van der Waals surface area contributed by atoms with Crippen LogP contribution in [0.4, 0.5) is 5.82 Å². The van der Waals surface area contributed by atoms with E-state index in [9.17, 15) is 0 Å². The molecule has 3 rings (SSSR count). The molecule has 0 aromatic carbocycles. The van der Waals surface area contributed by atoms with Crippen LogP contribution in [0.3, 0.4) is 0 Å². The first-order valence-electron chi connectivity index (χ1n) is 7.44. The fourth-order valence-corrected chi connectivity index (χ4v) is 2.36. The fraction of sp³-hybridized carbons (Fsp3) is 0.533. The molecule has 0 aliphatic carbocycles. The van der Waals surface area contributed by atoms with Gasteiger partial charge in [0.25, 0.3) is 5.89 Å². The third-order valence-electron chi connectivity index (χ3n) is 3.93. The van der Waals surface area contributed by atoms with Crippen LogP contribution in [0.25, 0.3) is 11.5 Å². The third kappa shape index (κ3) is 3.10. The Hall–Kier alpha value is -1.99. The van der Waals surface area contributed by atoms with Gasteiger partial charge in [0, 0.05) is 33.3 Å². The first-order valence-corrected chi connectivity index (χ1v) is 7.44. The van der Waals surface area contributed by atoms with Gasteiger partial charge in [0.05, 0.1) is 0 Å². The summed E-state index contributed by atoms with van der Waals surface area (Å²) in [5.74, 6) is 1.91. The molecule has 1 aliphatic rings. The van der Waals surface area contributed by atoms with E-state index >= 15 is 0 Å². The molecule has 1 atom stereocenters. The van der Waals surface area contributed by atoms with Crippen LogP contribution in [0.5, 0.6) is 0 Å². The predicted molar refractivity (Wildman–Crippen MR) is 82.7 cm³/mol. The molecule has 0 N–H and O–H groups in total. The molecule has 1 saturated heterocycles. The molecule has 0 amide bonds. The van der Waals surface area contributed by atoms with Crippen LogP contribution in [-0.2, 0) is 4.74 Å². The van der Waals surface area contributed by atoms with Crippen molar-refractivity contribution < 1.29 is 9.26 Å². The number of ether oxygens (including phenoxy) is 1. The summed E-state index contributed by atoms with van der Waals surface area (Å²) in [4.78, 5) is 13.6. The van der Waals surface area contributed by atoms with Gasteiger partial charge >= 0.3 is 0 Å². The molecule has 0 saturated carbocycles. The van der Waals surface area contributed by atoms with Crippen molar-refractivity contribution >= 4 is 5.82 Å². The van der Waals surface area contributed by atoms with E-state index in [-0.39, 0.29) is 6.10 Å². The zero-order valence-corrected chi connectivity index (χ0v) is 13.2. The SMILES string of the molecule is COC(C)c1nc(-c2cccc(N3CCN(C)CC3)n2)no1. The summed E-state index contributed by atoms with van der Waals surface area (Å²) in [6, 6.07) is 5.89. The molecule has 1 fully saturated rings. The van der Waals surface area contributed by atoms with Crippen molar-refractivity contribution in [2.75, 3.05) is 45.2 Å². The van der Waals surface area contributed by atoms with Crippen LogP contribution < -0.4 is 4.90 Å².